The monoisotopic (exact) mass is 642 g/mol. The summed E-state index contributed by atoms with van der Waals surface area (Å²) < 4.78 is 65.1. The van der Waals surface area contributed by atoms with Crippen molar-refractivity contribution in [1.29, 1.82) is 0 Å². The zero-order chi connectivity index (χ0) is 31.9. The van der Waals surface area contributed by atoms with Crippen LogP contribution in [0.4, 0.5) is 23.2 Å². The molecule has 0 bridgehead atoms. The lowest BCUT2D eigenvalue weighted by Crippen LogP contribution is -2.48. The fourth-order valence-corrected chi connectivity index (χ4v) is 6.72. The number of nitrogens with one attached hydrogen (secondary N) is 1. The van der Waals surface area contributed by atoms with E-state index in [0.717, 1.165) is 33.0 Å². The molecule has 2 aliphatic rings. The number of rotatable bonds is 7. The van der Waals surface area contributed by atoms with E-state index in [4.69, 9.17) is 22.1 Å². The minimum atomic E-state index is -4.86. The van der Waals surface area contributed by atoms with Gasteiger partial charge in [0.25, 0.3) is 5.56 Å². The Balaban J connectivity index is 1.42. The number of ether oxygens (including phenoxy) is 1. The van der Waals surface area contributed by atoms with Gasteiger partial charge in [-0.2, -0.15) is 13.2 Å². The quantitative estimate of drug-likeness (QED) is 0.229. The van der Waals surface area contributed by atoms with Crippen molar-refractivity contribution in [3.05, 3.63) is 132 Å². The highest BCUT2D eigenvalue weighted by atomic mass is 35.5. The van der Waals surface area contributed by atoms with Gasteiger partial charge in [-0.05, 0) is 61.6 Å². The largest absolute Gasteiger partial charge is 0.416 e. The predicted octanol–water partition coefficient (Wildman–Crippen LogP) is 6.35. The second kappa shape index (κ2) is 12.1. The van der Waals surface area contributed by atoms with Gasteiger partial charge in [-0.3, -0.25) is 13.9 Å². The minimum absolute atomic E-state index is 0.0501. The van der Waals surface area contributed by atoms with Crippen LogP contribution in [0.25, 0.3) is 0 Å². The minimum Gasteiger partial charge on any atom is -0.382 e. The van der Waals surface area contributed by atoms with Gasteiger partial charge >= 0.3 is 11.9 Å². The van der Waals surface area contributed by atoms with Crippen molar-refractivity contribution in [2.24, 2.45) is 5.73 Å². The summed E-state index contributed by atoms with van der Waals surface area (Å²) in [4.78, 5) is 28.1. The van der Waals surface area contributed by atoms with Crippen molar-refractivity contribution in [2.75, 3.05) is 5.32 Å². The van der Waals surface area contributed by atoms with Gasteiger partial charge in [-0.1, -0.05) is 54.1 Å². The summed E-state index contributed by atoms with van der Waals surface area (Å²) in [5.41, 5.74) is 3.91. The van der Waals surface area contributed by atoms with E-state index in [9.17, 15) is 22.8 Å². The maximum atomic E-state index is 15.0. The molecule has 0 unspecified atom stereocenters. The van der Waals surface area contributed by atoms with E-state index < -0.39 is 52.6 Å². The maximum Gasteiger partial charge on any atom is 0.416 e. The highest BCUT2D eigenvalue weighted by molar-refractivity contribution is 6.30. The highest BCUT2D eigenvalue weighted by Crippen LogP contribution is 2.46. The van der Waals surface area contributed by atoms with Crippen molar-refractivity contribution in [1.82, 2.24) is 9.13 Å². The topological polar surface area (TPSA) is 91.3 Å². The Morgan fingerprint density at radius 1 is 1.00 bits per heavy atom. The first-order valence-electron chi connectivity index (χ1n) is 14.6. The van der Waals surface area contributed by atoms with Gasteiger partial charge in [0.2, 0.25) is 0 Å². The van der Waals surface area contributed by atoms with Crippen molar-refractivity contribution >= 4 is 17.3 Å². The molecule has 4 aromatic rings. The van der Waals surface area contributed by atoms with Crippen molar-refractivity contribution in [3.63, 3.8) is 0 Å². The molecular weight excluding hydrogens is 612 g/mol. The number of anilines is 1. The molecule has 6 rings (SSSR count). The average molecular weight is 643 g/mol. The molecule has 1 aliphatic heterocycles. The van der Waals surface area contributed by atoms with E-state index in [2.05, 4.69) is 5.32 Å². The van der Waals surface area contributed by atoms with Crippen LogP contribution < -0.4 is 22.3 Å². The van der Waals surface area contributed by atoms with Crippen LogP contribution in [-0.2, 0) is 36.2 Å². The summed E-state index contributed by atoms with van der Waals surface area (Å²) in [6, 6.07) is 18.2. The van der Waals surface area contributed by atoms with Crippen LogP contribution in [0.15, 0.2) is 82.4 Å². The average Bonchev–Trinajstić information content (AvgIpc) is 3.37. The van der Waals surface area contributed by atoms with Crippen LogP contribution in [0, 0.1) is 5.82 Å². The van der Waals surface area contributed by atoms with Crippen LogP contribution in [0.1, 0.15) is 59.7 Å². The Labute approximate surface area is 261 Å². The van der Waals surface area contributed by atoms with Crippen molar-refractivity contribution in [3.8, 4) is 0 Å². The van der Waals surface area contributed by atoms with Gasteiger partial charge in [0, 0.05) is 28.4 Å². The third kappa shape index (κ3) is 6.04. The number of aromatic nitrogens is 2. The Kier molecular flexibility index (Phi) is 8.36. The summed E-state index contributed by atoms with van der Waals surface area (Å²) in [5.74, 6) is -1.11. The number of nitrogens with zero attached hydrogens (tertiary/aromatic N) is 2. The predicted molar refractivity (Wildman–Crippen MR) is 163 cm³/mol. The van der Waals surface area contributed by atoms with E-state index >= 15 is 4.39 Å². The molecule has 12 heteroatoms. The Hall–Kier alpha value is -3.93. The second-order valence-corrected chi connectivity index (χ2v) is 12.0. The number of hydrogen-bond acceptors (Lipinski definition) is 5. The summed E-state index contributed by atoms with van der Waals surface area (Å²) >= 11 is 6.13. The summed E-state index contributed by atoms with van der Waals surface area (Å²) in [7, 11) is 0. The number of nitrogens with two attached hydrogens (primary N) is 1. The molecular formula is C33H31ClF4N4O3. The first-order valence-corrected chi connectivity index (χ1v) is 15.0. The lowest BCUT2D eigenvalue weighted by molar-refractivity contribution is -0.138. The van der Waals surface area contributed by atoms with E-state index in [0.29, 0.717) is 36.3 Å². The zero-order valence-corrected chi connectivity index (χ0v) is 24.9. The molecule has 45 heavy (non-hydrogen) atoms. The molecule has 1 spiro atoms. The number of fused-ring (bicyclic) bond motifs is 2. The van der Waals surface area contributed by atoms with Crippen molar-refractivity contribution < 1.29 is 22.3 Å². The molecule has 1 aromatic heterocycles. The Bertz CT molecular complexity index is 1830. The lowest BCUT2D eigenvalue weighted by Gasteiger charge is -2.37. The summed E-state index contributed by atoms with van der Waals surface area (Å²) in [5, 5.41) is 4.05. The Morgan fingerprint density at radius 3 is 2.40 bits per heavy atom. The molecule has 2 heterocycles. The molecule has 0 radical (unpaired) electrons. The Morgan fingerprint density at radius 2 is 1.71 bits per heavy atom. The van der Waals surface area contributed by atoms with Gasteiger partial charge in [-0.15, -0.1) is 0 Å². The van der Waals surface area contributed by atoms with Crippen LogP contribution in [0.2, 0.25) is 5.02 Å². The van der Waals surface area contributed by atoms with Gasteiger partial charge in [0.05, 0.1) is 36.5 Å². The third-order valence-corrected chi connectivity index (χ3v) is 9.05. The van der Waals surface area contributed by atoms with Crippen molar-refractivity contribution in [2.45, 2.75) is 69.2 Å². The SMILES string of the molecule is N[C@@H](Cn1c(=O)c2c(n(Cc3c(F)cccc3C(F)(F)F)c1=O)COC21CCC(Nc2cccc(Cl)c2)CC1)c1ccccc1. The fraction of sp³-hybridized carbons (Fsp3) is 0.333. The van der Waals surface area contributed by atoms with Crippen LogP contribution in [0.3, 0.4) is 0 Å². The first kappa shape index (κ1) is 31.1. The van der Waals surface area contributed by atoms with Crippen LogP contribution in [-0.4, -0.2) is 15.2 Å². The van der Waals surface area contributed by atoms with E-state index in [-0.39, 0.29) is 30.5 Å². The molecule has 1 atom stereocenters. The van der Waals surface area contributed by atoms with Gasteiger partial charge < -0.3 is 15.8 Å². The smallest absolute Gasteiger partial charge is 0.382 e. The maximum absolute atomic E-state index is 15.0. The number of alkyl halides is 3. The summed E-state index contributed by atoms with van der Waals surface area (Å²) in [6.07, 6.45) is -2.80. The number of hydrogen-bond donors (Lipinski definition) is 2. The number of benzene rings is 3. The molecule has 236 valence electrons. The molecule has 1 aliphatic carbocycles. The lowest BCUT2D eigenvalue weighted by atomic mass is 9.78. The fourth-order valence-electron chi connectivity index (χ4n) is 6.53. The van der Waals surface area contributed by atoms with Gasteiger partial charge in [-0.25, -0.2) is 9.18 Å². The molecule has 1 fully saturated rings. The molecule has 0 amide bonds. The first-order chi connectivity index (χ1) is 21.5. The zero-order valence-electron chi connectivity index (χ0n) is 24.1. The number of halogens is 5. The van der Waals surface area contributed by atoms with Gasteiger partial charge in [0.15, 0.2) is 0 Å². The molecule has 7 nitrogen and oxygen atoms in total. The van der Waals surface area contributed by atoms with E-state index in [1.54, 1.807) is 36.4 Å². The molecule has 1 saturated carbocycles. The standard InChI is InChI=1S/C33H31ClF4N4O3/c34-21-8-4-9-23(16-21)40-22-12-14-32(15-13-22)29-28(19-45-32)41(17-24-25(33(36,37)38)10-5-11-26(24)35)31(44)42(30(29)43)18-27(39)20-6-2-1-3-7-20/h1-11,16,22,27,40H,12-15,17-19,39H2/t22?,27-,32?/m0/s1. The third-order valence-electron chi connectivity index (χ3n) is 8.81. The second-order valence-electron chi connectivity index (χ2n) is 11.6. The van der Waals surface area contributed by atoms with E-state index in [1.807, 2.05) is 18.2 Å². The van der Waals surface area contributed by atoms with Crippen LogP contribution >= 0.6 is 11.6 Å². The van der Waals surface area contributed by atoms with Crippen LogP contribution in [0.5, 0.6) is 0 Å². The normalized spacial score (nSPS) is 20.3. The summed E-state index contributed by atoms with van der Waals surface area (Å²) in [6.45, 7) is -1.14. The molecule has 3 aromatic carbocycles. The van der Waals surface area contributed by atoms with E-state index in [1.165, 1.54) is 0 Å². The molecule has 3 N–H and O–H groups in total. The highest BCUT2D eigenvalue weighted by Gasteiger charge is 2.47. The molecule has 0 saturated heterocycles. The van der Waals surface area contributed by atoms with Gasteiger partial charge in [0.1, 0.15) is 11.4 Å².